The number of aromatic nitrogens is 1. The van der Waals surface area contributed by atoms with Crippen LogP contribution in [0.15, 0.2) is 12.1 Å². The van der Waals surface area contributed by atoms with Crippen molar-refractivity contribution in [1.29, 1.82) is 0 Å². The number of alkyl halides is 2. The summed E-state index contributed by atoms with van der Waals surface area (Å²) in [7, 11) is 0. The van der Waals surface area contributed by atoms with Crippen LogP contribution in [0.3, 0.4) is 0 Å². The largest absolute Gasteiger partial charge is 0.364 e. The molecule has 0 radical (unpaired) electrons. The summed E-state index contributed by atoms with van der Waals surface area (Å²) in [5, 5.41) is 0. The molecule has 0 aliphatic rings. The molecule has 1 amide bonds. The van der Waals surface area contributed by atoms with Gasteiger partial charge in [-0.15, -0.1) is 0 Å². The number of pyridine rings is 1. The number of halogens is 2. The second-order valence-electron chi connectivity index (χ2n) is 2.56. The van der Waals surface area contributed by atoms with Gasteiger partial charge in [-0.2, -0.15) is 0 Å². The molecule has 70 valence electrons. The summed E-state index contributed by atoms with van der Waals surface area (Å²) >= 11 is 0. The molecule has 0 saturated heterocycles. The van der Waals surface area contributed by atoms with E-state index in [2.05, 4.69) is 4.98 Å². The van der Waals surface area contributed by atoms with Gasteiger partial charge in [0, 0.05) is 11.3 Å². The number of carbonyl (C=O) groups excluding carboxylic acids is 1. The van der Waals surface area contributed by atoms with E-state index in [1.165, 1.54) is 6.07 Å². The predicted molar refractivity (Wildman–Crippen MR) is 42.4 cm³/mol. The Bertz CT molecular complexity index is 339. The molecule has 0 fully saturated rings. The third kappa shape index (κ3) is 1.99. The van der Waals surface area contributed by atoms with Crippen molar-refractivity contribution in [3.05, 3.63) is 29.1 Å². The molecule has 0 aliphatic heterocycles. The summed E-state index contributed by atoms with van der Waals surface area (Å²) in [6.07, 6.45) is -2.73. The molecule has 1 rings (SSSR count). The van der Waals surface area contributed by atoms with Crippen LogP contribution < -0.4 is 5.73 Å². The average molecular weight is 186 g/mol. The molecule has 0 aromatic carbocycles. The average Bonchev–Trinajstić information content (AvgIpc) is 2.03. The molecule has 13 heavy (non-hydrogen) atoms. The normalized spacial score (nSPS) is 10.5. The highest BCUT2D eigenvalue weighted by Crippen LogP contribution is 2.21. The minimum Gasteiger partial charge on any atom is -0.364 e. The summed E-state index contributed by atoms with van der Waals surface area (Å²) in [6, 6.07) is 2.57. The molecule has 0 bridgehead atoms. The first kappa shape index (κ1) is 9.57. The van der Waals surface area contributed by atoms with Crippen molar-refractivity contribution in [1.82, 2.24) is 4.98 Å². The number of hydrogen-bond acceptors (Lipinski definition) is 2. The zero-order valence-electron chi connectivity index (χ0n) is 6.92. The van der Waals surface area contributed by atoms with E-state index in [0.29, 0.717) is 5.69 Å². The number of hydrogen-bond donors (Lipinski definition) is 1. The van der Waals surface area contributed by atoms with Gasteiger partial charge in [0.25, 0.3) is 12.3 Å². The fourth-order valence-corrected chi connectivity index (χ4v) is 0.941. The molecule has 1 heterocycles. The zero-order chi connectivity index (χ0) is 10.0. The third-order valence-electron chi connectivity index (χ3n) is 1.53. The van der Waals surface area contributed by atoms with Gasteiger partial charge in [0.2, 0.25) is 0 Å². The molecule has 0 saturated carbocycles. The van der Waals surface area contributed by atoms with Gasteiger partial charge in [-0.05, 0) is 19.1 Å². The van der Waals surface area contributed by atoms with Crippen LogP contribution in [0.25, 0.3) is 0 Å². The van der Waals surface area contributed by atoms with E-state index < -0.39 is 17.9 Å². The molecule has 0 spiro atoms. The lowest BCUT2D eigenvalue weighted by Crippen LogP contribution is -2.16. The lowest BCUT2D eigenvalue weighted by Gasteiger charge is -2.04. The first-order chi connectivity index (χ1) is 6.02. The van der Waals surface area contributed by atoms with Gasteiger partial charge in [-0.1, -0.05) is 0 Å². The van der Waals surface area contributed by atoms with E-state index in [4.69, 9.17) is 5.73 Å². The molecule has 5 heteroatoms. The van der Waals surface area contributed by atoms with Crippen LogP contribution in [0.5, 0.6) is 0 Å². The van der Waals surface area contributed by atoms with Crippen molar-refractivity contribution >= 4 is 5.91 Å². The quantitative estimate of drug-likeness (QED) is 0.759. The predicted octanol–water partition coefficient (Wildman–Crippen LogP) is 1.43. The molecular formula is C8H8F2N2O. The maximum absolute atomic E-state index is 12.3. The maximum Gasteiger partial charge on any atom is 0.267 e. The fourth-order valence-electron chi connectivity index (χ4n) is 0.941. The first-order valence-electron chi connectivity index (χ1n) is 3.58. The smallest absolute Gasteiger partial charge is 0.267 e. The first-order valence-corrected chi connectivity index (χ1v) is 3.58. The van der Waals surface area contributed by atoms with Gasteiger partial charge in [-0.25, -0.2) is 13.8 Å². The molecule has 0 aliphatic carbocycles. The van der Waals surface area contributed by atoms with E-state index in [-0.39, 0.29) is 5.69 Å². The van der Waals surface area contributed by atoms with Crippen LogP contribution in [0, 0.1) is 6.92 Å². The minimum atomic E-state index is -2.73. The van der Waals surface area contributed by atoms with Crippen molar-refractivity contribution in [2.24, 2.45) is 5.73 Å². The molecule has 3 nitrogen and oxygen atoms in total. The molecule has 0 unspecified atom stereocenters. The van der Waals surface area contributed by atoms with Crippen LogP contribution in [0.1, 0.15) is 28.2 Å². The Hall–Kier alpha value is -1.52. The standard InChI is InChI=1S/C8H8F2N2O/c1-4-2-3-5(7(9)10)6(12-4)8(11)13/h2-3,7H,1H3,(H2,11,13). The number of rotatable bonds is 2. The van der Waals surface area contributed by atoms with Crippen molar-refractivity contribution < 1.29 is 13.6 Å². The molecular weight excluding hydrogens is 178 g/mol. The summed E-state index contributed by atoms with van der Waals surface area (Å²) in [5.41, 5.74) is 4.60. The van der Waals surface area contributed by atoms with Crippen LogP contribution in [0.2, 0.25) is 0 Å². The Morgan fingerprint density at radius 2 is 2.15 bits per heavy atom. The number of primary amides is 1. The zero-order valence-corrected chi connectivity index (χ0v) is 6.92. The number of carbonyl (C=O) groups is 1. The Kier molecular flexibility index (Phi) is 2.55. The molecule has 2 N–H and O–H groups in total. The highest BCUT2D eigenvalue weighted by atomic mass is 19.3. The highest BCUT2D eigenvalue weighted by molar-refractivity contribution is 5.92. The van der Waals surface area contributed by atoms with Crippen LogP contribution >= 0.6 is 0 Å². The SMILES string of the molecule is Cc1ccc(C(F)F)c(C(N)=O)n1. The number of nitrogens with zero attached hydrogens (tertiary/aromatic N) is 1. The van der Waals surface area contributed by atoms with Crippen molar-refractivity contribution in [2.45, 2.75) is 13.3 Å². The summed E-state index contributed by atoms with van der Waals surface area (Å²) in [5.74, 6) is -0.931. The van der Waals surface area contributed by atoms with E-state index >= 15 is 0 Å². The molecule has 1 aromatic heterocycles. The van der Waals surface area contributed by atoms with Crippen LogP contribution in [-0.4, -0.2) is 10.9 Å². The van der Waals surface area contributed by atoms with Gasteiger partial charge in [-0.3, -0.25) is 4.79 Å². The number of aryl methyl sites for hydroxylation is 1. The summed E-state index contributed by atoms with van der Waals surface area (Å²) in [4.78, 5) is 14.3. The summed E-state index contributed by atoms with van der Waals surface area (Å²) in [6.45, 7) is 1.60. The van der Waals surface area contributed by atoms with Gasteiger partial charge in [0.05, 0.1) is 0 Å². The Morgan fingerprint density at radius 1 is 1.54 bits per heavy atom. The lowest BCUT2D eigenvalue weighted by molar-refractivity contribution is 0.0980. The van der Waals surface area contributed by atoms with E-state index in [1.807, 2.05) is 0 Å². The third-order valence-corrected chi connectivity index (χ3v) is 1.53. The van der Waals surface area contributed by atoms with Crippen molar-refractivity contribution in [3.63, 3.8) is 0 Å². The van der Waals surface area contributed by atoms with Crippen molar-refractivity contribution in [3.8, 4) is 0 Å². The van der Waals surface area contributed by atoms with Crippen LogP contribution in [-0.2, 0) is 0 Å². The monoisotopic (exact) mass is 186 g/mol. The lowest BCUT2D eigenvalue weighted by atomic mass is 10.1. The van der Waals surface area contributed by atoms with Gasteiger partial charge in [0.15, 0.2) is 0 Å². The fraction of sp³-hybridized carbons (Fsp3) is 0.250. The Balaban J connectivity index is 3.27. The van der Waals surface area contributed by atoms with Gasteiger partial charge >= 0.3 is 0 Å². The van der Waals surface area contributed by atoms with E-state index in [1.54, 1.807) is 6.92 Å². The van der Waals surface area contributed by atoms with E-state index in [0.717, 1.165) is 6.07 Å². The highest BCUT2D eigenvalue weighted by Gasteiger charge is 2.17. The second-order valence-corrected chi connectivity index (χ2v) is 2.56. The minimum absolute atomic E-state index is 0.352. The molecule has 0 atom stereocenters. The van der Waals surface area contributed by atoms with Gasteiger partial charge < -0.3 is 5.73 Å². The second kappa shape index (κ2) is 3.47. The van der Waals surface area contributed by atoms with Gasteiger partial charge in [0.1, 0.15) is 5.69 Å². The number of nitrogens with two attached hydrogens (primary N) is 1. The Morgan fingerprint density at radius 3 is 2.62 bits per heavy atom. The Labute approximate surface area is 73.6 Å². The summed E-state index contributed by atoms with van der Waals surface area (Å²) < 4.78 is 24.5. The van der Waals surface area contributed by atoms with Crippen molar-refractivity contribution in [2.75, 3.05) is 0 Å². The number of amides is 1. The topological polar surface area (TPSA) is 56.0 Å². The molecule has 1 aromatic rings. The van der Waals surface area contributed by atoms with E-state index in [9.17, 15) is 13.6 Å². The van der Waals surface area contributed by atoms with Crippen LogP contribution in [0.4, 0.5) is 8.78 Å². The maximum atomic E-state index is 12.3.